The van der Waals surface area contributed by atoms with Crippen LogP contribution < -0.4 is 16.8 Å². The molecular formula is C43H60N14O11S. The summed E-state index contributed by atoms with van der Waals surface area (Å²) in [5.74, 6) is -1.42. The number of nitrogens with zero attached hydrogens (tertiary/aromatic N) is 11. The number of thioether (sulfide) groups is 1. The number of anilines is 2. The molecule has 0 bridgehead atoms. The number of aliphatic carboxylic acids is 1. The van der Waals surface area contributed by atoms with Crippen LogP contribution in [0.4, 0.5) is 11.6 Å². The van der Waals surface area contributed by atoms with E-state index in [0.717, 1.165) is 11.4 Å². The van der Waals surface area contributed by atoms with Gasteiger partial charge in [0.2, 0.25) is 17.7 Å². The maximum Gasteiger partial charge on any atom is 0.303 e. The topological polar surface area (TPSA) is 321 Å². The highest BCUT2D eigenvalue weighted by molar-refractivity contribution is 8.00. The van der Waals surface area contributed by atoms with E-state index < -0.39 is 12.2 Å². The number of ether oxygens (including phenoxy) is 4. The molecule has 0 spiro atoms. The number of aromatic nitrogens is 8. The predicted molar refractivity (Wildman–Crippen MR) is 250 cm³/mol. The van der Waals surface area contributed by atoms with Crippen molar-refractivity contribution in [2.24, 2.45) is 0 Å². The monoisotopic (exact) mass is 980 g/mol. The van der Waals surface area contributed by atoms with Crippen molar-refractivity contribution in [3.63, 3.8) is 0 Å². The van der Waals surface area contributed by atoms with Crippen LogP contribution in [0.1, 0.15) is 72.3 Å². The first-order valence-electron chi connectivity index (χ1n) is 22.5. The number of carbonyl (C=O) groups excluding carboxylic acids is 5. The number of fused-ring (bicyclic) bond motifs is 2. The first kappa shape index (κ1) is 52.2. The van der Waals surface area contributed by atoms with Crippen molar-refractivity contribution in [3.05, 3.63) is 37.5 Å². The molecule has 8 rings (SSSR count). The number of likely N-dealkylation sites (tertiary alicyclic amines) is 1. The number of hydrogen-bond acceptors (Lipinski definition) is 20. The molecule has 25 nitrogen and oxygen atoms in total. The molecule has 0 saturated carbocycles. The molecule has 3 saturated heterocycles. The number of nitrogen functional groups attached to an aromatic ring is 2. The normalized spacial score (nSPS) is 21.7. The van der Waals surface area contributed by atoms with Gasteiger partial charge in [-0.15, -0.1) is 0 Å². The Balaban J connectivity index is 0.000000193. The number of imide groups is 2. The van der Waals surface area contributed by atoms with Gasteiger partial charge in [-0.2, -0.15) is 11.8 Å². The van der Waals surface area contributed by atoms with Crippen molar-refractivity contribution < 1.29 is 52.8 Å². The molecular weight excluding hydrogens is 921 g/mol. The number of hydrogen-bond donors (Lipinski definition) is 4. The van der Waals surface area contributed by atoms with Crippen LogP contribution in [0.5, 0.6) is 0 Å². The Bertz CT molecular complexity index is 2470. The van der Waals surface area contributed by atoms with E-state index in [1.54, 1.807) is 22.1 Å². The van der Waals surface area contributed by atoms with Gasteiger partial charge in [0.15, 0.2) is 29.2 Å². The lowest BCUT2D eigenvalue weighted by atomic mass is 10.2. The lowest BCUT2D eigenvalue weighted by Gasteiger charge is -2.38. The van der Waals surface area contributed by atoms with Crippen LogP contribution in [0, 0.1) is 0 Å². The number of nitrogens with one attached hydrogen (secondary N) is 1. The summed E-state index contributed by atoms with van der Waals surface area (Å²) in [4.78, 5) is 98.7. The van der Waals surface area contributed by atoms with Gasteiger partial charge in [0.25, 0.3) is 11.8 Å². The molecule has 5 atom stereocenters. The quantitative estimate of drug-likeness (QED) is 0.107. The summed E-state index contributed by atoms with van der Waals surface area (Å²) in [6, 6.07) is 0. The number of nitrogens with two attached hydrogens (primary N) is 2. The number of carboxylic acid groups (broad SMARTS) is 1. The zero-order valence-corrected chi connectivity index (χ0v) is 40.0. The molecule has 1 unspecified atom stereocenters. The standard InChI is InChI=1S/C22H31N7O5S.C13H20N6O2.C8H9NO4/c1-13(2)33-10-14-8-27(16(30)5-4-6-28-17(31)7-15(35-3)22(28)32)9-18(34-14)29-12-26-19-20(23)24-11-25-21(19)29;1-8(2)20-5-9-3-15-4-10(21-9)19-7-18-11-12(14)16-6-17-13(11)19;10-6-3-4-7(11)9(6)5-1-2-8(12)13/h11-15,18H,4-10H2,1-3H3,(H2,23,24,25);6-10,15H,3-5H2,1-2H3,(H2,14,16,17);3-4H,1-2,5H2,(H,12,13)/t14-,15?,18+;9-,10+;/m00./s1. The Morgan fingerprint density at radius 2 is 1.32 bits per heavy atom. The van der Waals surface area contributed by atoms with Crippen LogP contribution in [0.25, 0.3) is 22.3 Å². The number of rotatable bonds is 17. The molecule has 0 aromatic carbocycles. The third-order valence-electron chi connectivity index (χ3n) is 11.1. The van der Waals surface area contributed by atoms with E-state index in [0.29, 0.717) is 73.8 Å². The largest absolute Gasteiger partial charge is 0.481 e. The van der Waals surface area contributed by atoms with Crippen LogP contribution in [-0.2, 0) is 47.7 Å². The van der Waals surface area contributed by atoms with Crippen molar-refractivity contribution in [1.82, 2.24) is 59.1 Å². The first-order valence-corrected chi connectivity index (χ1v) is 23.8. The first-order chi connectivity index (χ1) is 33.0. The van der Waals surface area contributed by atoms with Crippen LogP contribution in [0.2, 0.25) is 0 Å². The predicted octanol–water partition coefficient (Wildman–Crippen LogP) is 0.927. The Morgan fingerprint density at radius 1 is 0.768 bits per heavy atom. The minimum Gasteiger partial charge on any atom is -0.481 e. The van der Waals surface area contributed by atoms with Gasteiger partial charge in [0, 0.05) is 64.1 Å². The average Bonchev–Trinajstić information content (AvgIpc) is 4.11. The maximum atomic E-state index is 13.1. The molecule has 0 aliphatic carbocycles. The zero-order valence-electron chi connectivity index (χ0n) is 39.2. The summed E-state index contributed by atoms with van der Waals surface area (Å²) in [7, 11) is 0. The highest BCUT2D eigenvalue weighted by Gasteiger charge is 2.38. The van der Waals surface area contributed by atoms with Gasteiger partial charge in [0.1, 0.15) is 36.0 Å². The second kappa shape index (κ2) is 24.4. The van der Waals surface area contributed by atoms with Gasteiger partial charge < -0.3 is 45.7 Å². The maximum absolute atomic E-state index is 13.1. The summed E-state index contributed by atoms with van der Waals surface area (Å²) >= 11 is 1.38. The Labute approximate surface area is 401 Å². The van der Waals surface area contributed by atoms with E-state index in [1.807, 2.05) is 38.5 Å². The number of morpholine rings is 2. The molecule has 8 heterocycles. The lowest BCUT2D eigenvalue weighted by Crippen LogP contribution is -2.50. The second-order valence-electron chi connectivity index (χ2n) is 16.9. The van der Waals surface area contributed by atoms with Crippen LogP contribution in [0.15, 0.2) is 37.5 Å². The molecule has 69 heavy (non-hydrogen) atoms. The smallest absolute Gasteiger partial charge is 0.303 e. The van der Waals surface area contributed by atoms with Gasteiger partial charge in [-0.25, -0.2) is 29.9 Å². The summed E-state index contributed by atoms with van der Waals surface area (Å²) < 4.78 is 27.3. The molecule has 0 radical (unpaired) electrons. The van der Waals surface area contributed by atoms with E-state index >= 15 is 0 Å². The number of carboxylic acids is 1. The van der Waals surface area contributed by atoms with Crippen LogP contribution in [0.3, 0.4) is 0 Å². The van der Waals surface area contributed by atoms with E-state index in [-0.39, 0.29) is 104 Å². The SMILES string of the molecule is CC(C)OC[C@@H]1CNC[C@H](n2cnc3c(N)ncnc32)O1.CSC1CC(=O)N(CCCC(=O)N2C[C@@H](COC(C)C)O[C@@H](n3cnc4c(N)ncnc43)C2)C1=O.O=C(O)CCCN1C(=O)C=CC1=O. The molecule has 4 aromatic heterocycles. The second-order valence-corrected chi connectivity index (χ2v) is 17.9. The highest BCUT2D eigenvalue weighted by atomic mass is 32.2. The third kappa shape index (κ3) is 13.7. The van der Waals surface area contributed by atoms with Gasteiger partial charge in [-0.3, -0.25) is 47.7 Å². The fourth-order valence-corrected chi connectivity index (χ4v) is 8.27. The van der Waals surface area contributed by atoms with Crippen LogP contribution >= 0.6 is 11.8 Å². The van der Waals surface area contributed by atoms with Crippen molar-refractivity contribution in [2.45, 2.75) is 102 Å². The van der Waals surface area contributed by atoms with Crippen molar-refractivity contribution >= 4 is 81.2 Å². The highest BCUT2D eigenvalue weighted by Crippen LogP contribution is 2.27. The number of imidazole rings is 2. The molecule has 374 valence electrons. The van der Waals surface area contributed by atoms with Gasteiger partial charge in [0.05, 0.1) is 56.0 Å². The number of amides is 5. The Kier molecular flexibility index (Phi) is 18.4. The molecule has 4 aromatic rings. The van der Waals surface area contributed by atoms with Crippen molar-refractivity contribution in [3.8, 4) is 0 Å². The van der Waals surface area contributed by atoms with Crippen molar-refractivity contribution in [2.75, 3.05) is 70.2 Å². The third-order valence-corrected chi connectivity index (χ3v) is 12.0. The van der Waals surface area contributed by atoms with Gasteiger partial charge in [-0.1, -0.05) is 0 Å². The molecule has 4 aliphatic heterocycles. The lowest BCUT2D eigenvalue weighted by molar-refractivity contribution is -0.164. The molecule has 6 N–H and O–H groups in total. The minimum absolute atomic E-state index is 0.00258. The Morgan fingerprint density at radius 3 is 1.88 bits per heavy atom. The van der Waals surface area contributed by atoms with Gasteiger partial charge in [-0.05, 0) is 46.8 Å². The van der Waals surface area contributed by atoms with Gasteiger partial charge >= 0.3 is 5.97 Å². The molecule has 26 heteroatoms. The molecule has 3 fully saturated rings. The fraction of sp³-hybridized carbons (Fsp3) is 0.581. The van der Waals surface area contributed by atoms with E-state index in [4.69, 9.17) is 35.5 Å². The summed E-state index contributed by atoms with van der Waals surface area (Å²) in [5.41, 5.74) is 14.0. The van der Waals surface area contributed by atoms with E-state index in [1.165, 1.54) is 41.5 Å². The van der Waals surface area contributed by atoms with Crippen LogP contribution in [-0.4, -0.2) is 183 Å². The summed E-state index contributed by atoms with van der Waals surface area (Å²) in [6.45, 7) is 11.3. The number of carbonyl (C=O) groups is 6. The van der Waals surface area contributed by atoms with Crippen molar-refractivity contribution in [1.29, 1.82) is 0 Å². The zero-order chi connectivity index (χ0) is 49.8. The van der Waals surface area contributed by atoms with E-state index in [2.05, 4.69) is 35.2 Å². The summed E-state index contributed by atoms with van der Waals surface area (Å²) in [5, 5.41) is 11.3. The van der Waals surface area contributed by atoms with E-state index in [9.17, 15) is 28.8 Å². The fourth-order valence-electron chi connectivity index (χ4n) is 7.63. The molecule has 5 amide bonds. The minimum atomic E-state index is -0.924. The molecule has 4 aliphatic rings. The summed E-state index contributed by atoms with van der Waals surface area (Å²) in [6.07, 6.45) is 10.5. The Hall–Kier alpha value is -6.19. The average molecular weight is 981 g/mol.